The Morgan fingerprint density at radius 1 is 1.21 bits per heavy atom. The van der Waals surface area contributed by atoms with E-state index in [4.69, 9.17) is 21.6 Å². The Hall–Kier alpha value is -2.59. The van der Waals surface area contributed by atoms with E-state index in [2.05, 4.69) is 16.3 Å². The highest BCUT2D eigenvalue weighted by Gasteiger charge is 2.17. The van der Waals surface area contributed by atoms with Crippen molar-refractivity contribution in [1.29, 1.82) is 5.26 Å². The third kappa shape index (κ3) is 6.47. The van der Waals surface area contributed by atoms with Crippen LogP contribution in [0, 0.1) is 11.3 Å². The average Bonchev–Trinajstić information content (AvgIpc) is 2.75. The zero-order valence-corrected chi connectivity index (χ0v) is 17.1. The van der Waals surface area contributed by atoms with Crippen molar-refractivity contribution in [3.8, 4) is 6.07 Å². The van der Waals surface area contributed by atoms with E-state index in [9.17, 15) is 4.79 Å². The number of carbonyl (C=O) groups excluding carboxylic acids is 1. The fraction of sp³-hybridized carbons (Fsp3) is 0.364. The molecule has 2 aromatic rings. The van der Waals surface area contributed by atoms with Crippen molar-refractivity contribution in [2.45, 2.75) is 13.0 Å². The van der Waals surface area contributed by atoms with Crippen molar-refractivity contribution >= 4 is 23.3 Å². The second-order valence-corrected chi connectivity index (χ2v) is 7.35. The second kappa shape index (κ2) is 10.8. The summed E-state index contributed by atoms with van der Waals surface area (Å²) in [6.07, 6.45) is 0.857. The van der Waals surface area contributed by atoms with Crippen LogP contribution in [-0.2, 0) is 11.3 Å². The van der Waals surface area contributed by atoms with Crippen LogP contribution >= 0.6 is 11.6 Å². The molecule has 0 radical (unpaired) electrons. The molecule has 2 aromatic carbocycles. The molecule has 0 saturated carbocycles. The predicted molar refractivity (Wildman–Crippen MR) is 114 cm³/mol. The first-order chi connectivity index (χ1) is 14.2. The van der Waals surface area contributed by atoms with Crippen molar-refractivity contribution < 1.29 is 9.53 Å². The van der Waals surface area contributed by atoms with Gasteiger partial charge in [-0.15, -0.1) is 0 Å². The summed E-state index contributed by atoms with van der Waals surface area (Å²) in [6.45, 7) is 5.33. The molecule has 1 aliphatic rings. The number of nitrogens with zero attached hydrogens (tertiary/aromatic N) is 3. The summed E-state index contributed by atoms with van der Waals surface area (Å²) in [7, 11) is 0. The van der Waals surface area contributed by atoms with Gasteiger partial charge in [-0.1, -0.05) is 35.9 Å². The van der Waals surface area contributed by atoms with Gasteiger partial charge in [-0.3, -0.25) is 4.90 Å². The Labute approximate surface area is 176 Å². The molecule has 6 nitrogen and oxygen atoms in total. The zero-order chi connectivity index (χ0) is 20.5. The number of rotatable bonds is 7. The van der Waals surface area contributed by atoms with E-state index in [0.717, 1.165) is 44.8 Å². The quantitative estimate of drug-likeness (QED) is 0.747. The summed E-state index contributed by atoms with van der Waals surface area (Å²) in [5, 5.41) is 12.6. The van der Waals surface area contributed by atoms with Crippen molar-refractivity contribution in [3.63, 3.8) is 0 Å². The van der Waals surface area contributed by atoms with Gasteiger partial charge in [-0.05, 0) is 36.2 Å². The number of nitriles is 1. The standard InChI is InChI=1S/C22H25ClN4O2/c23-21-8-2-1-6-19(21)17-27(10-4-9-26-11-13-29-14-12-26)22(28)25-20-7-3-5-18(15-20)16-24/h1-3,5-8,15H,4,9-14,17H2,(H,25,28). The van der Waals surface area contributed by atoms with E-state index in [0.29, 0.717) is 29.4 Å². The van der Waals surface area contributed by atoms with Gasteiger partial charge < -0.3 is 15.0 Å². The molecule has 1 saturated heterocycles. The molecule has 0 spiro atoms. The minimum absolute atomic E-state index is 0.206. The van der Waals surface area contributed by atoms with Crippen LogP contribution in [0.3, 0.4) is 0 Å². The summed E-state index contributed by atoms with van der Waals surface area (Å²) in [6, 6.07) is 16.3. The molecule has 1 fully saturated rings. The first-order valence-electron chi connectivity index (χ1n) is 9.75. The number of urea groups is 1. The van der Waals surface area contributed by atoms with E-state index >= 15 is 0 Å². The normalized spacial score (nSPS) is 14.2. The zero-order valence-electron chi connectivity index (χ0n) is 16.3. The second-order valence-electron chi connectivity index (χ2n) is 6.94. The largest absolute Gasteiger partial charge is 0.379 e. The Morgan fingerprint density at radius 3 is 2.76 bits per heavy atom. The lowest BCUT2D eigenvalue weighted by atomic mass is 10.2. The fourth-order valence-electron chi connectivity index (χ4n) is 3.26. The van der Waals surface area contributed by atoms with Crippen LogP contribution in [0.2, 0.25) is 5.02 Å². The highest BCUT2D eigenvalue weighted by Crippen LogP contribution is 2.18. The Balaban J connectivity index is 1.65. The third-order valence-corrected chi connectivity index (χ3v) is 5.22. The van der Waals surface area contributed by atoms with Gasteiger partial charge in [-0.2, -0.15) is 5.26 Å². The molecule has 3 rings (SSSR count). The monoisotopic (exact) mass is 412 g/mol. The van der Waals surface area contributed by atoms with Gasteiger partial charge in [0.15, 0.2) is 0 Å². The summed E-state index contributed by atoms with van der Waals surface area (Å²) in [5.74, 6) is 0. The molecule has 1 heterocycles. The Bertz CT molecular complexity index is 862. The molecule has 0 aliphatic carbocycles. The lowest BCUT2D eigenvalue weighted by molar-refractivity contribution is 0.0365. The highest BCUT2D eigenvalue weighted by molar-refractivity contribution is 6.31. The van der Waals surface area contributed by atoms with Crippen LogP contribution in [0.4, 0.5) is 10.5 Å². The first-order valence-corrected chi connectivity index (χ1v) is 10.1. The SMILES string of the molecule is N#Cc1cccc(NC(=O)N(CCCN2CCOCC2)Cc2ccccc2Cl)c1. The number of amides is 2. The van der Waals surface area contributed by atoms with Gasteiger partial charge >= 0.3 is 6.03 Å². The summed E-state index contributed by atoms with van der Waals surface area (Å²) >= 11 is 6.31. The van der Waals surface area contributed by atoms with Crippen LogP contribution in [0.5, 0.6) is 0 Å². The van der Waals surface area contributed by atoms with Crippen LogP contribution in [0.15, 0.2) is 48.5 Å². The molecular formula is C22H25ClN4O2. The molecule has 0 bridgehead atoms. The van der Waals surface area contributed by atoms with E-state index in [1.807, 2.05) is 24.3 Å². The lowest BCUT2D eigenvalue weighted by Gasteiger charge is -2.28. The van der Waals surface area contributed by atoms with Crippen molar-refractivity contribution in [3.05, 3.63) is 64.7 Å². The van der Waals surface area contributed by atoms with Gasteiger partial charge in [0.2, 0.25) is 0 Å². The molecule has 1 aliphatic heterocycles. The molecule has 2 amide bonds. The molecule has 1 N–H and O–H groups in total. The van der Waals surface area contributed by atoms with E-state index < -0.39 is 0 Å². The summed E-state index contributed by atoms with van der Waals surface area (Å²) in [5.41, 5.74) is 2.01. The first kappa shape index (κ1) is 21.1. The van der Waals surface area contributed by atoms with E-state index in [1.54, 1.807) is 29.2 Å². The molecule has 152 valence electrons. The molecular weight excluding hydrogens is 388 g/mol. The number of nitrogens with one attached hydrogen (secondary N) is 1. The molecule has 0 atom stereocenters. The summed E-state index contributed by atoms with van der Waals surface area (Å²) in [4.78, 5) is 17.1. The number of ether oxygens (including phenoxy) is 1. The summed E-state index contributed by atoms with van der Waals surface area (Å²) < 4.78 is 5.39. The Kier molecular flexibility index (Phi) is 7.88. The number of hydrogen-bond acceptors (Lipinski definition) is 4. The predicted octanol–water partition coefficient (Wildman–Crippen LogP) is 3.97. The van der Waals surface area contributed by atoms with Gasteiger partial charge in [0.25, 0.3) is 0 Å². The Morgan fingerprint density at radius 2 is 2.00 bits per heavy atom. The minimum atomic E-state index is -0.206. The number of carbonyl (C=O) groups is 1. The van der Waals surface area contributed by atoms with E-state index in [-0.39, 0.29) is 6.03 Å². The number of benzene rings is 2. The smallest absolute Gasteiger partial charge is 0.322 e. The van der Waals surface area contributed by atoms with Crippen LogP contribution in [0.25, 0.3) is 0 Å². The molecule has 0 unspecified atom stereocenters. The fourth-order valence-corrected chi connectivity index (χ4v) is 3.46. The maximum absolute atomic E-state index is 13.0. The number of hydrogen-bond donors (Lipinski definition) is 1. The maximum Gasteiger partial charge on any atom is 0.322 e. The van der Waals surface area contributed by atoms with Crippen molar-refractivity contribution in [1.82, 2.24) is 9.80 Å². The van der Waals surface area contributed by atoms with Crippen molar-refractivity contribution in [2.75, 3.05) is 44.7 Å². The molecule has 7 heteroatoms. The highest BCUT2D eigenvalue weighted by atomic mass is 35.5. The molecule has 0 aromatic heterocycles. The van der Waals surface area contributed by atoms with Crippen LogP contribution in [0.1, 0.15) is 17.5 Å². The minimum Gasteiger partial charge on any atom is -0.379 e. The number of anilines is 1. The maximum atomic E-state index is 13.0. The third-order valence-electron chi connectivity index (χ3n) is 4.86. The van der Waals surface area contributed by atoms with Crippen LogP contribution < -0.4 is 5.32 Å². The van der Waals surface area contributed by atoms with Crippen molar-refractivity contribution in [2.24, 2.45) is 0 Å². The number of morpholine rings is 1. The van der Waals surface area contributed by atoms with Gasteiger partial charge in [0.1, 0.15) is 0 Å². The van der Waals surface area contributed by atoms with Gasteiger partial charge in [0, 0.05) is 43.4 Å². The topological polar surface area (TPSA) is 68.6 Å². The number of halogens is 1. The van der Waals surface area contributed by atoms with E-state index in [1.165, 1.54) is 0 Å². The van der Waals surface area contributed by atoms with Gasteiger partial charge in [-0.25, -0.2) is 4.79 Å². The average molecular weight is 413 g/mol. The van der Waals surface area contributed by atoms with Gasteiger partial charge in [0.05, 0.1) is 24.8 Å². The van der Waals surface area contributed by atoms with Crippen LogP contribution in [-0.4, -0.2) is 55.2 Å². The molecule has 29 heavy (non-hydrogen) atoms. The lowest BCUT2D eigenvalue weighted by Crippen LogP contribution is -2.40.